The van der Waals surface area contributed by atoms with E-state index >= 15 is 0 Å². The lowest BCUT2D eigenvalue weighted by Gasteiger charge is -2.32. The lowest BCUT2D eigenvalue weighted by Crippen LogP contribution is -2.50. The van der Waals surface area contributed by atoms with Crippen molar-refractivity contribution in [3.63, 3.8) is 0 Å². The Morgan fingerprint density at radius 1 is 0.710 bits per heavy atom. The molecule has 5 N–H and O–H groups in total. The van der Waals surface area contributed by atoms with E-state index in [1.54, 1.807) is 0 Å². The molecule has 0 fully saturated rings. The number of carbonyl (C=O) groups is 1. The Labute approximate surface area is 183 Å². The molecule has 0 radical (unpaired) electrons. The number of carbonyl (C=O) groups excluding carboxylic acids is 1. The molecule has 4 rings (SSSR count). The molecule has 0 bridgehead atoms. The average Bonchev–Trinajstić information content (AvgIpc) is 2.82. The van der Waals surface area contributed by atoms with E-state index in [1.807, 2.05) is 24.3 Å². The Bertz CT molecular complexity index is 1110. The number of nitrogens with one attached hydrogen (secondary N) is 1. The maximum absolute atomic E-state index is 13.5. The first-order chi connectivity index (χ1) is 15.2. The smallest absolute Gasteiger partial charge is 0.228 e. The fourth-order valence-electron chi connectivity index (χ4n) is 4.46. The molecule has 0 aliphatic rings. The van der Waals surface area contributed by atoms with Gasteiger partial charge in [-0.3, -0.25) is 4.79 Å². The van der Waals surface area contributed by atoms with Gasteiger partial charge in [0.1, 0.15) is 0 Å². The molecule has 0 aliphatic heterocycles. The van der Waals surface area contributed by atoms with Gasteiger partial charge in [0.2, 0.25) is 5.91 Å². The van der Waals surface area contributed by atoms with E-state index in [1.165, 1.54) is 10.8 Å². The Morgan fingerprint density at radius 3 is 1.68 bits per heavy atom. The van der Waals surface area contributed by atoms with Gasteiger partial charge in [-0.2, -0.15) is 0 Å². The predicted octanol–water partition coefficient (Wildman–Crippen LogP) is 3.80. The van der Waals surface area contributed by atoms with Gasteiger partial charge in [0.25, 0.3) is 0 Å². The summed E-state index contributed by atoms with van der Waals surface area (Å²) in [5, 5.41) is 7.67. The van der Waals surface area contributed by atoms with Crippen molar-refractivity contribution in [1.29, 1.82) is 0 Å². The van der Waals surface area contributed by atoms with Gasteiger partial charge >= 0.3 is 0 Å². The number of benzene rings is 4. The summed E-state index contributed by atoms with van der Waals surface area (Å²) in [6, 6.07) is 29.1. The van der Waals surface area contributed by atoms with E-state index in [4.69, 9.17) is 11.5 Å². The van der Waals surface area contributed by atoms with E-state index in [2.05, 4.69) is 66.0 Å². The van der Waals surface area contributed by atoms with Crippen LogP contribution in [-0.2, 0) is 17.6 Å². The van der Waals surface area contributed by atoms with Gasteiger partial charge < -0.3 is 16.8 Å². The second-order valence-electron chi connectivity index (χ2n) is 8.16. The maximum Gasteiger partial charge on any atom is 0.228 e. The molecule has 4 nitrogen and oxygen atoms in total. The monoisotopic (exact) mass is 411 g/mol. The molecule has 4 heteroatoms. The molecule has 0 atom stereocenters. The quantitative estimate of drug-likeness (QED) is 0.412. The standard InChI is InChI=1S/C27H29N3O/c28-15-16-30-26(31)27(19-29,17-22-11-5-9-20-7-1-3-13-24(20)22)18-23-12-6-10-21-8-2-4-14-25(21)23/h1-14H,15-19,28-29H2,(H,30,31). The maximum atomic E-state index is 13.5. The highest BCUT2D eigenvalue weighted by Crippen LogP contribution is 2.33. The van der Waals surface area contributed by atoms with E-state index < -0.39 is 5.41 Å². The van der Waals surface area contributed by atoms with Crippen molar-refractivity contribution in [2.75, 3.05) is 19.6 Å². The van der Waals surface area contributed by atoms with Crippen LogP contribution in [0.1, 0.15) is 11.1 Å². The molecule has 0 saturated heterocycles. The lowest BCUT2D eigenvalue weighted by atomic mass is 9.74. The zero-order valence-electron chi connectivity index (χ0n) is 17.7. The highest BCUT2D eigenvalue weighted by molar-refractivity contribution is 5.90. The summed E-state index contributed by atoms with van der Waals surface area (Å²) in [4.78, 5) is 13.5. The van der Waals surface area contributed by atoms with E-state index in [9.17, 15) is 4.79 Å². The van der Waals surface area contributed by atoms with Crippen LogP contribution < -0.4 is 16.8 Å². The van der Waals surface area contributed by atoms with Crippen LogP contribution >= 0.6 is 0 Å². The highest BCUT2D eigenvalue weighted by atomic mass is 16.2. The van der Waals surface area contributed by atoms with E-state index in [-0.39, 0.29) is 12.5 Å². The third-order valence-corrected chi connectivity index (χ3v) is 6.12. The summed E-state index contributed by atoms with van der Waals surface area (Å²) < 4.78 is 0. The second kappa shape index (κ2) is 9.29. The summed E-state index contributed by atoms with van der Waals surface area (Å²) in [7, 11) is 0. The van der Waals surface area contributed by atoms with Crippen LogP contribution in [0.2, 0.25) is 0 Å². The number of rotatable bonds is 8. The van der Waals surface area contributed by atoms with E-state index in [0.717, 1.165) is 21.9 Å². The van der Waals surface area contributed by atoms with Crippen molar-refractivity contribution in [1.82, 2.24) is 5.32 Å². The number of hydrogen-bond donors (Lipinski definition) is 3. The average molecular weight is 412 g/mol. The summed E-state index contributed by atoms with van der Waals surface area (Å²) in [5.74, 6) is -0.0404. The van der Waals surface area contributed by atoms with Crippen molar-refractivity contribution in [3.8, 4) is 0 Å². The number of fused-ring (bicyclic) bond motifs is 2. The first kappa shape index (κ1) is 21.0. The van der Waals surface area contributed by atoms with Crippen molar-refractivity contribution < 1.29 is 4.79 Å². The zero-order valence-corrected chi connectivity index (χ0v) is 17.7. The van der Waals surface area contributed by atoms with Crippen LogP contribution in [0, 0.1) is 5.41 Å². The number of hydrogen-bond acceptors (Lipinski definition) is 3. The number of amides is 1. The summed E-state index contributed by atoms with van der Waals surface area (Å²) in [6.07, 6.45) is 1.12. The predicted molar refractivity (Wildman–Crippen MR) is 129 cm³/mol. The SMILES string of the molecule is NCCNC(=O)C(CN)(Cc1cccc2ccccc12)Cc1cccc2ccccc12. The molecule has 0 aliphatic carbocycles. The van der Waals surface area contributed by atoms with Crippen LogP contribution in [0.3, 0.4) is 0 Å². The third kappa shape index (κ3) is 4.31. The number of nitrogens with two attached hydrogens (primary N) is 2. The second-order valence-corrected chi connectivity index (χ2v) is 8.16. The molecule has 158 valence electrons. The molecule has 31 heavy (non-hydrogen) atoms. The molecular formula is C27H29N3O. The Hall–Kier alpha value is -3.21. The molecule has 1 amide bonds. The molecule has 0 unspecified atom stereocenters. The minimum absolute atomic E-state index is 0.0404. The minimum Gasteiger partial charge on any atom is -0.354 e. The summed E-state index contributed by atoms with van der Waals surface area (Å²) in [6.45, 7) is 1.08. The summed E-state index contributed by atoms with van der Waals surface area (Å²) >= 11 is 0. The summed E-state index contributed by atoms with van der Waals surface area (Å²) in [5.41, 5.74) is 13.5. The van der Waals surface area contributed by atoms with Crippen molar-refractivity contribution >= 4 is 27.5 Å². The lowest BCUT2D eigenvalue weighted by molar-refractivity contribution is -0.130. The molecule has 0 heterocycles. The molecule has 4 aromatic rings. The van der Waals surface area contributed by atoms with Crippen LogP contribution in [0.4, 0.5) is 0 Å². The fourth-order valence-corrected chi connectivity index (χ4v) is 4.46. The molecule has 0 saturated carbocycles. The molecule has 4 aromatic carbocycles. The van der Waals surface area contributed by atoms with Gasteiger partial charge in [-0.15, -0.1) is 0 Å². The topological polar surface area (TPSA) is 81.1 Å². The first-order valence-electron chi connectivity index (χ1n) is 10.8. The van der Waals surface area contributed by atoms with Gasteiger partial charge in [-0.1, -0.05) is 84.9 Å². The third-order valence-electron chi connectivity index (χ3n) is 6.12. The Balaban J connectivity index is 1.80. The van der Waals surface area contributed by atoms with Gasteiger partial charge in [0.15, 0.2) is 0 Å². The van der Waals surface area contributed by atoms with Gasteiger partial charge in [0, 0.05) is 19.6 Å². The molecule has 0 spiro atoms. The largest absolute Gasteiger partial charge is 0.354 e. The fraction of sp³-hybridized carbons (Fsp3) is 0.222. The van der Waals surface area contributed by atoms with Crippen molar-refractivity contribution in [2.45, 2.75) is 12.8 Å². The van der Waals surface area contributed by atoms with Gasteiger partial charge in [-0.05, 0) is 45.5 Å². The van der Waals surface area contributed by atoms with Gasteiger partial charge in [-0.25, -0.2) is 0 Å². The minimum atomic E-state index is -0.774. The van der Waals surface area contributed by atoms with Gasteiger partial charge in [0.05, 0.1) is 5.41 Å². The Morgan fingerprint density at radius 2 is 1.19 bits per heavy atom. The van der Waals surface area contributed by atoms with E-state index in [0.29, 0.717) is 25.9 Å². The van der Waals surface area contributed by atoms with Crippen LogP contribution in [-0.4, -0.2) is 25.5 Å². The Kier molecular flexibility index (Phi) is 6.31. The molecule has 0 aromatic heterocycles. The van der Waals surface area contributed by atoms with Crippen LogP contribution in [0.5, 0.6) is 0 Å². The molecular weight excluding hydrogens is 382 g/mol. The van der Waals surface area contributed by atoms with Crippen molar-refractivity contribution in [2.24, 2.45) is 16.9 Å². The highest BCUT2D eigenvalue weighted by Gasteiger charge is 2.38. The van der Waals surface area contributed by atoms with Crippen molar-refractivity contribution in [3.05, 3.63) is 96.1 Å². The normalized spacial score (nSPS) is 11.7. The zero-order chi connectivity index (χ0) is 21.7. The van der Waals surface area contributed by atoms with Crippen LogP contribution in [0.15, 0.2) is 84.9 Å². The first-order valence-corrected chi connectivity index (χ1v) is 10.8. The van der Waals surface area contributed by atoms with Crippen LogP contribution in [0.25, 0.3) is 21.5 Å².